The van der Waals surface area contributed by atoms with E-state index in [9.17, 15) is 13.2 Å². The van der Waals surface area contributed by atoms with E-state index in [2.05, 4.69) is 9.97 Å². The SMILES string of the molecule is Cc1ccc(S(=O)(=O)Cc2nc3scc(-c4ccc(Cl)cc4)c3c(=O)[nH]2)cc1. The standard InChI is InChI=1S/C20H15ClN2O3S2/c1-12-2-8-15(9-3-12)28(25,26)11-17-22-19(24)18-16(10-27-20(18)23-17)13-4-6-14(21)7-5-13/h2-10H,11H2,1H3,(H,22,23,24). The Labute approximate surface area is 170 Å². The van der Waals surface area contributed by atoms with Gasteiger partial charge in [-0.3, -0.25) is 4.79 Å². The maximum Gasteiger partial charge on any atom is 0.260 e. The third kappa shape index (κ3) is 3.61. The van der Waals surface area contributed by atoms with Gasteiger partial charge in [-0.05, 0) is 36.8 Å². The highest BCUT2D eigenvalue weighted by atomic mass is 35.5. The van der Waals surface area contributed by atoms with Gasteiger partial charge in [0.25, 0.3) is 5.56 Å². The van der Waals surface area contributed by atoms with Crippen LogP contribution in [0, 0.1) is 6.92 Å². The molecule has 142 valence electrons. The van der Waals surface area contributed by atoms with E-state index in [1.165, 1.54) is 11.3 Å². The average Bonchev–Trinajstić information content (AvgIpc) is 3.07. The molecule has 0 saturated heterocycles. The van der Waals surface area contributed by atoms with Crippen LogP contribution in [0.25, 0.3) is 21.3 Å². The van der Waals surface area contributed by atoms with E-state index in [1.54, 1.807) is 36.4 Å². The molecule has 0 aliphatic heterocycles. The summed E-state index contributed by atoms with van der Waals surface area (Å²) < 4.78 is 25.3. The third-order valence-corrected chi connectivity index (χ3v) is 7.12. The number of nitrogens with zero attached hydrogens (tertiary/aromatic N) is 1. The number of aryl methyl sites for hydroxylation is 1. The summed E-state index contributed by atoms with van der Waals surface area (Å²) in [6.45, 7) is 1.89. The van der Waals surface area contributed by atoms with Crippen molar-refractivity contribution >= 4 is 43.0 Å². The molecule has 0 bridgehead atoms. The fourth-order valence-electron chi connectivity index (χ4n) is 2.91. The number of sulfone groups is 1. The van der Waals surface area contributed by atoms with E-state index in [4.69, 9.17) is 11.6 Å². The number of thiophene rings is 1. The van der Waals surface area contributed by atoms with E-state index >= 15 is 0 Å². The van der Waals surface area contributed by atoms with Gasteiger partial charge in [0.1, 0.15) is 16.4 Å². The summed E-state index contributed by atoms with van der Waals surface area (Å²) in [5, 5.41) is 2.90. The quantitative estimate of drug-likeness (QED) is 0.513. The van der Waals surface area contributed by atoms with Gasteiger partial charge in [-0.15, -0.1) is 11.3 Å². The first-order valence-corrected chi connectivity index (χ1v) is 11.3. The molecular weight excluding hydrogens is 416 g/mol. The fourth-order valence-corrected chi connectivity index (χ4v) is 5.22. The van der Waals surface area contributed by atoms with Crippen molar-refractivity contribution in [3.63, 3.8) is 0 Å². The highest BCUT2D eigenvalue weighted by molar-refractivity contribution is 7.90. The number of benzene rings is 2. The van der Waals surface area contributed by atoms with Gasteiger partial charge in [0.15, 0.2) is 9.84 Å². The number of hydrogen-bond acceptors (Lipinski definition) is 5. The molecule has 4 rings (SSSR count). The first-order chi connectivity index (χ1) is 13.3. The molecule has 0 atom stereocenters. The molecule has 2 aromatic carbocycles. The number of aromatic amines is 1. The van der Waals surface area contributed by atoms with Crippen LogP contribution in [0.1, 0.15) is 11.4 Å². The maximum absolute atomic E-state index is 12.7. The predicted octanol–water partition coefficient (Wildman–Crippen LogP) is 4.59. The van der Waals surface area contributed by atoms with Gasteiger partial charge in [-0.2, -0.15) is 0 Å². The van der Waals surface area contributed by atoms with E-state index in [1.807, 2.05) is 24.4 Å². The van der Waals surface area contributed by atoms with Crippen LogP contribution >= 0.6 is 22.9 Å². The topological polar surface area (TPSA) is 79.9 Å². The molecular formula is C20H15ClN2O3S2. The molecule has 0 spiro atoms. The molecule has 0 fully saturated rings. The van der Waals surface area contributed by atoms with Crippen molar-refractivity contribution in [2.24, 2.45) is 0 Å². The Kier molecular flexibility index (Phi) is 4.82. The molecule has 0 saturated carbocycles. The first-order valence-electron chi connectivity index (χ1n) is 8.39. The number of halogens is 1. The Hall–Kier alpha value is -2.48. The molecule has 2 heterocycles. The zero-order chi connectivity index (χ0) is 19.9. The maximum atomic E-state index is 12.7. The van der Waals surface area contributed by atoms with Crippen molar-refractivity contribution in [3.05, 3.63) is 80.7 Å². The van der Waals surface area contributed by atoms with Crippen LogP contribution in [0.2, 0.25) is 5.02 Å². The van der Waals surface area contributed by atoms with E-state index in [0.717, 1.165) is 16.7 Å². The lowest BCUT2D eigenvalue weighted by Crippen LogP contribution is -2.15. The summed E-state index contributed by atoms with van der Waals surface area (Å²) >= 11 is 7.24. The van der Waals surface area contributed by atoms with Gasteiger partial charge in [0.05, 0.1) is 10.3 Å². The Morgan fingerprint density at radius 2 is 1.75 bits per heavy atom. The fraction of sp³-hybridized carbons (Fsp3) is 0.100. The number of nitrogens with one attached hydrogen (secondary N) is 1. The number of aromatic nitrogens is 2. The van der Waals surface area contributed by atoms with Gasteiger partial charge < -0.3 is 4.98 Å². The van der Waals surface area contributed by atoms with Crippen molar-refractivity contribution in [2.45, 2.75) is 17.6 Å². The molecule has 0 aliphatic carbocycles. The van der Waals surface area contributed by atoms with E-state index in [0.29, 0.717) is 15.2 Å². The summed E-state index contributed by atoms with van der Waals surface area (Å²) in [6.07, 6.45) is 0. The van der Waals surface area contributed by atoms with E-state index in [-0.39, 0.29) is 22.0 Å². The van der Waals surface area contributed by atoms with Crippen LogP contribution in [0.5, 0.6) is 0 Å². The number of fused-ring (bicyclic) bond motifs is 1. The lowest BCUT2D eigenvalue weighted by atomic mass is 10.1. The third-order valence-electron chi connectivity index (χ3n) is 4.36. The van der Waals surface area contributed by atoms with Gasteiger partial charge in [-0.1, -0.05) is 41.4 Å². The highest BCUT2D eigenvalue weighted by Gasteiger charge is 2.19. The van der Waals surface area contributed by atoms with Crippen molar-refractivity contribution in [1.29, 1.82) is 0 Å². The number of H-pyrrole nitrogens is 1. The van der Waals surface area contributed by atoms with Crippen molar-refractivity contribution < 1.29 is 8.42 Å². The molecule has 4 aromatic rings. The molecule has 0 radical (unpaired) electrons. The van der Waals surface area contributed by atoms with Crippen LogP contribution < -0.4 is 5.56 Å². The minimum Gasteiger partial charge on any atom is -0.309 e. The molecule has 2 aromatic heterocycles. The monoisotopic (exact) mass is 430 g/mol. The Morgan fingerprint density at radius 1 is 1.07 bits per heavy atom. The molecule has 28 heavy (non-hydrogen) atoms. The minimum absolute atomic E-state index is 0.127. The van der Waals surface area contributed by atoms with Crippen molar-refractivity contribution in [1.82, 2.24) is 9.97 Å². The summed E-state index contributed by atoms with van der Waals surface area (Å²) in [5.41, 5.74) is 2.21. The number of hydrogen-bond donors (Lipinski definition) is 1. The Balaban J connectivity index is 1.73. The van der Waals surface area contributed by atoms with Crippen LogP contribution in [0.3, 0.4) is 0 Å². The summed E-state index contributed by atoms with van der Waals surface area (Å²) in [6, 6.07) is 13.8. The molecule has 8 heteroatoms. The van der Waals surface area contributed by atoms with Crippen LogP contribution in [0.4, 0.5) is 0 Å². The van der Waals surface area contributed by atoms with Gasteiger partial charge >= 0.3 is 0 Å². The lowest BCUT2D eigenvalue weighted by Gasteiger charge is -2.05. The molecule has 0 unspecified atom stereocenters. The summed E-state index contributed by atoms with van der Waals surface area (Å²) in [4.78, 5) is 20.4. The van der Waals surface area contributed by atoms with Crippen LogP contribution in [-0.4, -0.2) is 18.4 Å². The minimum atomic E-state index is -3.61. The second kappa shape index (κ2) is 7.16. The summed E-state index contributed by atoms with van der Waals surface area (Å²) in [7, 11) is -3.61. The zero-order valence-corrected chi connectivity index (χ0v) is 17.2. The van der Waals surface area contributed by atoms with Gasteiger partial charge in [0, 0.05) is 16.0 Å². The van der Waals surface area contributed by atoms with Crippen molar-refractivity contribution in [3.8, 4) is 11.1 Å². The molecule has 0 aliphatic rings. The van der Waals surface area contributed by atoms with Crippen LogP contribution in [-0.2, 0) is 15.6 Å². The van der Waals surface area contributed by atoms with Gasteiger partial charge in [0.2, 0.25) is 0 Å². The average molecular weight is 431 g/mol. The number of rotatable bonds is 4. The Morgan fingerprint density at radius 3 is 2.43 bits per heavy atom. The summed E-state index contributed by atoms with van der Waals surface area (Å²) in [5.74, 6) is -0.238. The smallest absolute Gasteiger partial charge is 0.260 e. The second-order valence-corrected chi connectivity index (χ2v) is 9.71. The van der Waals surface area contributed by atoms with Crippen LogP contribution in [0.15, 0.2) is 63.6 Å². The van der Waals surface area contributed by atoms with E-state index < -0.39 is 9.84 Å². The zero-order valence-electron chi connectivity index (χ0n) is 14.8. The predicted molar refractivity (Wildman–Crippen MR) is 113 cm³/mol. The van der Waals surface area contributed by atoms with Crippen molar-refractivity contribution in [2.75, 3.05) is 0 Å². The normalized spacial score (nSPS) is 11.8. The molecule has 5 nitrogen and oxygen atoms in total. The molecule has 1 N–H and O–H groups in total. The first kappa shape index (κ1) is 18.9. The molecule has 0 amide bonds. The largest absolute Gasteiger partial charge is 0.309 e. The van der Waals surface area contributed by atoms with Gasteiger partial charge in [-0.25, -0.2) is 13.4 Å². The lowest BCUT2D eigenvalue weighted by molar-refractivity contribution is 0.594. The second-order valence-electron chi connectivity index (χ2n) is 6.42. The highest BCUT2D eigenvalue weighted by Crippen LogP contribution is 2.31. The Bertz CT molecular complexity index is 1320.